The number of benzene rings is 1. The summed E-state index contributed by atoms with van der Waals surface area (Å²) < 4.78 is -1.05. The Morgan fingerprint density at radius 1 is 1.20 bits per heavy atom. The molecule has 3 saturated heterocycles. The molecule has 0 saturated carbocycles. The van der Waals surface area contributed by atoms with Crippen LogP contribution in [0.25, 0.3) is 0 Å². The Morgan fingerprint density at radius 2 is 1.91 bits per heavy atom. The SMILES string of the molecule is CCCC(C)NC(=O)C1N([C@@H](CC)CO)C(=O)[C@@H]2[C@@H](C(=O)NCc3ccccc3)[C@@]3(C)CCC12S3. The summed E-state index contributed by atoms with van der Waals surface area (Å²) in [6.45, 7) is 8.27. The molecule has 1 aromatic carbocycles. The maximum absolute atomic E-state index is 14.0. The van der Waals surface area contributed by atoms with Gasteiger partial charge in [0, 0.05) is 17.3 Å². The van der Waals surface area contributed by atoms with Gasteiger partial charge in [-0.15, -0.1) is 11.8 Å². The van der Waals surface area contributed by atoms with Crippen molar-refractivity contribution in [3.8, 4) is 0 Å². The molecule has 4 rings (SSSR count). The predicted octanol–water partition coefficient (Wildman–Crippen LogP) is 2.86. The minimum absolute atomic E-state index is 0.00161. The second-order valence-electron chi connectivity index (χ2n) is 10.6. The molecule has 3 heterocycles. The molecular weight excluding hydrogens is 462 g/mol. The van der Waals surface area contributed by atoms with Crippen molar-refractivity contribution in [2.45, 2.75) is 94.0 Å². The summed E-state index contributed by atoms with van der Waals surface area (Å²) in [4.78, 5) is 43.0. The zero-order valence-electron chi connectivity index (χ0n) is 21.3. The lowest BCUT2D eigenvalue weighted by atomic mass is 9.66. The monoisotopic (exact) mass is 501 g/mol. The first-order chi connectivity index (χ1) is 16.7. The molecule has 0 radical (unpaired) electrons. The quantitative estimate of drug-likeness (QED) is 0.458. The number of hydrogen-bond acceptors (Lipinski definition) is 5. The van der Waals surface area contributed by atoms with Crippen LogP contribution >= 0.6 is 11.8 Å². The first-order valence-electron chi connectivity index (χ1n) is 13.0. The zero-order chi connectivity index (χ0) is 25.4. The number of thioether (sulfide) groups is 1. The van der Waals surface area contributed by atoms with Crippen LogP contribution in [0.4, 0.5) is 0 Å². The van der Waals surface area contributed by atoms with Gasteiger partial charge in [0.15, 0.2) is 0 Å². The highest BCUT2D eigenvalue weighted by Crippen LogP contribution is 2.71. The van der Waals surface area contributed by atoms with Crippen molar-refractivity contribution in [3.05, 3.63) is 35.9 Å². The average molecular weight is 502 g/mol. The van der Waals surface area contributed by atoms with Gasteiger partial charge in [0.2, 0.25) is 17.7 Å². The van der Waals surface area contributed by atoms with E-state index in [2.05, 4.69) is 24.5 Å². The lowest BCUT2D eigenvalue weighted by Crippen LogP contribution is -2.57. The zero-order valence-corrected chi connectivity index (χ0v) is 22.1. The Morgan fingerprint density at radius 3 is 2.54 bits per heavy atom. The summed E-state index contributed by atoms with van der Waals surface area (Å²) in [6.07, 6.45) is 3.85. The van der Waals surface area contributed by atoms with E-state index in [-0.39, 0.29) is 30.4 Å². The second kappa shape index (κ2) is 10.1. The predicted molar refractivity (Wildman–Crippen MR) is 138 cm³/mol. The highest BCUT2D eigenvalue weighted by molar-refractivity contribution is 8.02. The van der Waals surface area contributed by atoms with E-state index < -0.39 is 33.4 Å². The molecule has 3 aliphatic heterocycles. The lowest BCUT2D eigenvalue weighted by Gasteiger charge is -2.37. The third-order valence-electron chi connectivity index (χ3n) is 8.24. The molecule has 1 aromatic rings. The number of nitrogens with one attached hydrogen (secondary N) is 2. The Balaban J connectivity index is 1.66. The van der Waals surface area contributed by atoms with Crippen LogP contribution in [0, 0.1) is 11.8 Å². The molecule has 3 amide bonds. The molecule has 192 valence electrons. The number of likely N-dealkylation sites (tertiary alicyclic amines) is 1. The van der Waals surface area contributed by atoms with Gasteiger partial charge in [-0.05, 0) is 45.1 Å². The van der Waals surface area contributed by atoms with Gasteiger partial charge in [0.05, 0.1) is 29.2 Å². The standard InChI is InChI=1S/C27H39N3O4S/c1-5-10-17(3)29-24(33)22-27-14-13-26(4,35-27)20(21(27)25(34)30(22)19(6-2)16-31)23(32)28-15-18-11-8-7-9-12-18/h7-9,11-12,17,19-22,31H,5-6,10,13-16H2,1-4H3,(H,28,32)(H,29,33)/t17?,19-,20-,21-,22?,26+,27?/m0/s1. The third-order valence-corrected chi connectivity index (χ3v) is 10.2. The van der Waals surface area contributed by atoms with Crippen LogP contribution < -0.4 is 10.6 Å². The van der Waals surface area contributed by atoms with Crippen molar-refractivity contribution in [1.29, 1.82) is 0 Å². The Bertz CT molecular complexity index is 955. The van der Waals surface area contributed by atoms with Gasteiger partial charge in [-0.2, -0.15) is 0 Å². The van der Waals surface area contributed by atoms with Gasteiger partial charge in [-0.25, -0.2) is 0 Å². The van der Waals surface area contributed by atoms with Gasteiger partial charge in [0.25, 0.3) is 0 Å². The van der Waals surface area contributed by atoms with E-state index in [0.29, 0.717) is 19.4 Å². The maximum Gasteiger partial charge on any atom is 0.244 e. The fourth-order valence-electron chi connectivity index (χ4n) is 6.59. The fraction of sp³-hybridized carbons (Fsp3) is 0.667. The first kappa shape index (κ1) is 26.0. The van der Waals surface area contributed by atoms with Crippen LogP contribution in [0.3, 0.4) is 0 Å². The van der Waals surface area contributed by atoms with Crippen LogP contribution in [-0.2, 0) is 20.9 Å². The Kier molecular flexibility index (Phi) is 7.53. The number of fused-ring (bicyclic) bond motifs is 1. The molecule has 0 aromatic heterocycles. The summed E-state index contributed by atoms with van der Waals surface area (Å²) >= 11 is 1.67. The largest absolute Gasteiger partial charge is 0.394 e. The average Bonchev–Trinajstić information content (AvgIpc) is 3.40. The van der Waals surface area contributed by atoms with Crippen molar-refractivity contribution in [2.75, 3.05) is 6.61 Å². The molecule has 3 N–H and O–H groups in total. The number of aliphatic hydroxyl groups excluding tert-OH is 1. The molecule has 7 nitrogen and oxygen atoms in total. The molecule has 1 spiro atoms. The van der Waals surface area contributed by atoms with E-state index >= 15 is 0 Å². The third kappa shape index (κ3) is 4.37. The molecule has 0 aliphatic carbocycles. The molecule has 3 fully saturated rings. The van der Waals surface area contributed by atoms with Crippen LogP contribution in [0.15, 0.2) is 30.3 Å². The number of hydrogen-bond donors (Lipinski definition) is 3. The van der Waals surface area contributed by atoms with Crippen LogP contribution in [-0.4, -0.2) is 62.0 Å². The minimum atomic E-state index is -0.685. The molecule has 8 heteroatoms. The Labute approximate surface area is 212 Å². The van der Waals surface area contributed by atoms with E-state index in [4.69, 9.17) is 0 Å². The topological polar surface area (TPSA) is 98.7 Å². The maximum atomic E-state index is 14.0. The van der Waals surface area contributed by atoms with Crippen molar-refractivity contribution >= 4 is 29.5 Å². The molecule has 3 aliphatic rings. The van der Waals surface area contributed by atoms with E-state index in [1.807, 2.05) is 44.2 Å². The number of aliphatic hydroxyl groups is 1. The summed E-state index contributed by atoms with van der Waals surface area (Å²) in [7, 11) is 0. The normalized spacial score (nSPS) is 32.9. The summed E-state index contributed by atoms with van der Waals surface area (Å²) in [5.41, 5.74) is 1.00. The van der Waals surface area contributed by atoms with Crippen molar-refractivity contribution in [2.24, 2.45) is 11.8 Å². The van der Waals surface area contributed by atoms with Crippen LogP contribution in [0.2, 0.25) is 0 Å². The smallest absolute Gasteiger partial charge is 0.244 e. The molecule has 2 bridgehead atoms. The minimum Gasteiger partial charge on any atom is -0.394 e. The highest BCUT2D eigenvalue weighted by Gasteiger charge is 2.77. The lowest BCUT2D eigenvalue weighted by molar-refractivity contribution is -0.143. The van der Waals surface area contributed by atoms with E-state index in [9.17, 15) is 19.5 Å². The number of nitrogens with zero attached hydrogens (tertiary/aromatic N) is 1. The molecule has 35 heavy (non-hydrogen) atoms. The van der Waals surface area contributed by atoms with Crippen LogP contribution in [0.1, 0.15) is 65.4 Å². The highest BCUT2D eigenvalue weighted by atomic mass is 32.2. The summed E-state index contributed by atoms with van der Waals surface area (Å²) in [5, 5.41) is 16.3. The summed E-state index contributed by atoms with van der Waals surface area (Å²) in [6, 6.07) is 8.61. The van der Waals surface area contributed by atoms with E-state index in [1.165, 1.54) is 0 Å². The van der Waals surface area contributed by atoms with Crippen molar-refractivity contribution < 1.29 is 19.5 Å². The number of rotatable bonds is 10. The van der Waals surface area contributed by atoms with Crippen molar-refractivity contribution in [3.63, 3.8) is 0 Å². The van der Waals surface area contributed by atoms with Gasteiger partial charge >= 0.3 is 0 Å². The molecular formula is C27H39N3O4S. The fourth-order valence-corrected chi connectivity index (χ4v) is 8.94. The van der Waals surface area contributed by atoms with E-state index in [1.54, 1.807) is 16.7 Å². The van der Waals surface area contributed by atoms with Gasteiger partial charge in [-0.3, -0.25) is 14.4 Å². The van der Waals surface area contributed by atoms with Crippen LogP contribution in [0.5, 0.6) is 0 Å². The van der Waals surface area contributed by atoms with Crippen molar-refractivity contribution in [1.82, 2.24) is 15.5 Å². The van der Waals surface area contributed by atoms with Gasteiger partial charge in [-0.1, -0.05) is 50.6 Å². The molecule has 7 atom stereocenters. The molecule has 3 unspecified atom stereocenters. The van der Waals surface area contributed by atoms with Gasteiger partial charge < -0.3 is 20.6 Å². The Hall–Kier alpha value is -2.06. The number of carbonyl (C=O) groups excluding carboxylic acids is 3. The summed E-state index contributed by atoms with van der Waals surface area (Å²) in [5.74, 6) is -1.52. The first-order valence-corrected chi connectivity index (χ1v) is 13.8. The van der Waals surface area contributed by atoms with Gasteiger partial charge in [0.1, 0.15) is 6.04 Å². The number of amides is 3. The van der Waals surface area contributed by atoms with E-state index in [0.717, 1.165) is 24.8 Å². The second-order valence-corrected chi connectivity index (χ2v) is 12.5. The number of carbonyl (C=O) groups is 3.